The predicted molar refractivity (Wildman–Crippen MR) is 87.0 cm³/mol. The highest BCUT2D eigenvalue weighted by Gasteiger charge is 2.45. The van der Waals surface area contributed by atoms with Crippen LogP contribution in [0, 0.1) is 0 Å². The van der Waals surface area contributed by atoms with Gasteiger partial charge in [-0.05, 0) is 5.53 Å². The standard InChI is InChI=1S/C14H26N4O8/c1-9(20)17-11-13(22)12(21)10(8-19)26-14(11)25-7-6-24-5-4-23-3-2-16-18-15/h10-14,19,21-22H,2-8H2,1H3,(H,17,20)/t10-,11+,12-,13+,14-/m0/s1. The van der Waals surface area contributed by atoms with Crippen LogP contribution in [-0.2, 0) is 23.7 Å². The van der Waals surface area contributed by atoms with Crippen LogP contribution in [0.1, 0.15) is 6.92 Å². The molecule has 12 nitrogen and oxygen atoms in total. The van der Waals surface area contributed by atoms with E-state index in [1.54, 1.807) is 0 Å². The first kappa shape index (κ1) is 22.5. The summed E-state index contributed by atoms with van der Waals surface area (Å²) in [6.07, 6.45) is -4.76. The Morgan fingerprint density at radius 1 is 1.19 bits per heavy atom. The van der Waals surface area contributed by atoms with Crippen LogP contribution in [0.3, 0.4) is 0 Å². The summed E-state index contributed by atoms with van der Waals surface area (Å²) < 4.78 is 21.3. The van der Waals surface area contributed by atoms with Crippen LogP contribution in [-0.4, -0.2) is 98.1 Å². The Bertz CT molecular complexity index is 462. The lowest BCUT2D eigenvalue weighted by Crippen LogP contribution is -2.64. The number of aliphatic hydroxyl groups excluding tert-OH is 3. The fourth-order valence-corrected chi connectivity index (χ4v) is 2.31. The maximum absolute atomic E-state index is 11.3. The van der Waals surface area contributed by atoms with Crippen molar-refractivity contribution in [1.29, 1.82) is 0 Å². The summed E-state index contributed by atoms with van der Waals surface area (Å²) in [7, 11) is 0. The average molecular weight is 378 g/mol. The van der Waals surface area contributed by atoms with Gasteiger partial charge < -0.3 is 39.6 Å². The lowest BCUT2D eigenvalue weighted by atomic mass is 9.97. The van der Waals surface area contributed by atoms with Crippen molar-refractivity contribution in [2.75, 3.05) is 46.2 Å². The van der Waals surface area contributed by atoms with Crippen molar-refractivity contribution in [3.63, 3.8) is 0 Å². The molecule has 1 saturated heterocycles. The third kappa shape index (κ3) is 7.81. The lowest BCUT2D eigenvalue weighted by molar-refractivity contribution is -0.272. The number of ether oxygens (including phenoxy) is 4. The largest absolute Gasteiger partial charge is 0.394 e. The monoisotopic (exact) mass is 378 g/mol. The highest BCUT2D eigenvalue weighted by Crippen LogP contribution is 2.22. The van der Waals surface area contributed by atoms with Gasteiger partial charge in [-0.2, -0.15) is 0 Å². The van der Waals surface area contributed by atoms with Crippen LogP contribution < -0.4 is 5.32 Å². The van der Waals surface area contributed by atoms with Crippen LogP contribution in [0.15, 0.2) is 5.11 Å². The van der Waals surface area contributed by atoms with Gasteiger partial charge in [0, 0.05) is 18.4 Å². The van der Waals surface area contributed by atoms with Crippen LogP contribution >= 0.6 is 0 Å². The van der Waals surface area contributed by atoms with Crippen LogP contribution in [0.5, 0.6) is 0 Å². The molecule has 5 atom stereocenters. The van der Waals surface area contributed by atoms with Crippen LogP contribution in [0.25, 0.3) is 10.4 Å². The summed E-state index contributed by atoms with van der Waals surface area (Å²) >= 11 is 0. The summed E-state index contributed by atoms with van der Waals surface area (Å²) in [6, 6.07) is -0.977. The fourth-order valence-electron chi connectivity index (χ4n) is 2.31. The molecule has 0 saturated carbocycles. The molecular formula is C14H26N4O8. The molecule has 1 heterocycles. The number of nitrogens with one attached hydrogen (secondary N) is 1. The molecule has 26 heavy (non-hydrogen) atoms. The lowest BCUT2D eigenvalue weighted by Gasteiger charge is -2.42. The van der Waals surface area contributed by atoms with Gasteiger partial charge in [0.25, 0.3) is 0 Å². The third-order valence-corrected chi connectivity index (χ3v) is 3.53. The van der Waals surface area contributed by atoms with Gasteiger partial charge in [0.05, 0.1) is 39.6 Å². The average Bonchev–Trinajstić information content (AvgIpc) is 2.62. The van der Waals surface area contributed by atoms with E-state index in [9.17, 15) is 20.1 Å². The Morgan fingerprint density at radius 3 is 2.46 bits per heavy atom. The maximum atomic E-state index is 11.3. The summed E-state index contributed by atoms with van der Waals surface area (Å²) in [5.74, 6) is -0.421. The molecule has 0 spiro atoms. The minimum absolute atomic E-state index is 0.0977. The second-order valence-corrected chi connectivity index (χ2v) is 5.48. The van der Waals surface area contributed by atoms with E-state index in [4.69, 9.17) is 24.5 Å². The molecule has 0 aromatic carbocycles. The molecule has 4 N–H and O–H groups in total. The van der Waals surface area contributed by atoms with Crippen LogP contribution in [0.4, 0.5) is 0 Å². The SMILES string of the molecule is CC(=O)N[C@H]1[C@@H](OCCOCCOCCN=[N+]=[N-])O[C@@H](CO)[C@H](O)[C@@H]1O. The number of azide groups is 1. The quantitative estimate of drug-likeness (QED) is 0.134. The van der Waals surface area contributed by atoms with E-state index in [1.165, 1.54) is 6.92 Å². The van der Waals surface area contributed by atoms with Gasteiger partial charge in [0.1, 0.15) is 24.4 Å². The highest BCUT2D eigenvalue weighted by atomic mass is 16.7. The first-order valence-corrected chi connectivity index (χ1v) is 8.18. The summed E-state index contributed by atoms with van der Waals surface area (Å²) in [6.45, 7) is 2.25. The molecule has 0 radical (unpaired) electrons. The molecule has 0 aliphatic carbocycles. The Kier molecular flexibility index (Phi) is 11.1. The van der Waals surface area contributed by atoms with Crippen molar-refractivity contribution in [1.82, 2.24) is 5.32 Å². The molecule has 0 aromatic rings. The number of nitrogens with zero attached hydrogens (tertiary/aromatic N) is 3. The Morgan fingerprint density at radius 2 is 1.85 bits per heavy atom. The van der Waals surface area contributed by atoms with Crippen molar-refractivity contribution in [2.45, 2.75) is 37.6 Å². The van der Waals surface area contributed by atoms with Gasteiger partial charge in [-0.3, -0.25) is 4.79 Å². The minimum Gasteiger partial charge on any atom is -0.394 e. The second kappa shape index (κ2) is 12.8. The first-order chi connectivity index (χ1) is 12.5. The molecule has 0 aromatic heterocycles. The molecule has 1 rings (SSSR count). The summed E-state index contributed by atoms with van der Waals surface area (Å²) in [5, 5.41) is 35.0. The van der Waals surface area contributed by atoms with E-state index in [2.05, 4.69) is 15.3 Å². The molecule has 150 valence electrons. The van der Waals surface area contributed by atoms with E-state index in [1.807, 2.05) is 0 Å². The van der Waals surface area contributed by atoms with E-state index >= 15 is 0 Å². The van der Waals surface area contributed by atoms with Gasteiger partial charge >= 0.3 is 0 Å². The zero-order chi connectivity index (χ0) is 19.4. The summed E-state index contributed by atoms with van der Waals surface area (Å²) in [5.41, 5.74) is 8.09. The van der Waals surface area contributed by atoms with E-state index in [-0.39, 0.29) is 19.8 Å². The number of hydrogen-bond donors (Lipinski definition) is 4. The van der Waals surface area contributed by atoms with Crippen molar-refractivity contribution in [3.8, 4) is 0 Å². The molecular weight excluding hydrogens is 352 g/mol. The minimum atomic E-state index is -1.35. The van der Waals surface area contributed by atoms with E-state index < -0.39 is 43.2 Å². The Balaban J connectivity index is 2.30. The van der Waals surface area contributed by atoms with E-state index in [0.29, 0.717) is 19.8 Å². The Hall–Kier alpha value is -1.50. The molecule has 1 amide bonds. The third-order valence-electron chi connectivity index (χ3n) is 3.53. The Labute approximate surface area is 150 Å². The number of amides is 1. The second-order valence-electron chi connectivity index (χ2n) is 5.48. The normalized spacial score (nSPS) is 28.4. The van der Waals surface area contributed by atoms with Crippen molar-refractivity contribution < 1.29 is 39.1 Å². The number of rotatable bonds is 12. The smallest absolute Gasteiger partial charge is 0.217 e. The van der Waals surface area contributed by atoms with Crippen LogP contribution in [0.2, 0.25) is 0 Å². The van der Waals surface area contributed by atoms with Crippen molar-refractivity contribution in [2.24, 2.45) is 5.11 Å². The van der Waals surface area contributed by atoms with Gasteiger partial charge in [0.15, 0.2) is 6.29 Å². The highest BCUT2D eigenvalue weighted by molar-refractivity contribution is 5.73. The van der Waals surface area contributed by atoms with E-state index in [0.717, 1.165) is 0 Å². The maximum Gasteiger partial charge on any atom is 0.217 e. The molecule has 1 fully saturated rings. The number of carbonyl (C=O) groups is 1. The molecule has 1 aliphatic rings. The topological polar surface area (TPSA) is 175 Å². The predicted octanol–water partition coefficient (Wildman–Crippen LogP) is -1.71. The number of aliphatic hydroxyl groups is 3. The fraction of sp³-hybridized carbons (Fsp3) is 0.929. The number of hydrogen-bond acceptors (Lipinski definition) is 9. The molecule has 0 unspecified atom stereocenters. The summed E-state index contributed by atoms with van der Waals surface area (Å²) in [4.78, 5) is 13.9. The van der Waals surface area contributed by atoms with Crippen molar-refractivity contribution in [3.05, 3.63) is 10.4 Å². The van der Waals surface area contributed by atoms with Gasteiger partial charge in [-0.15, -0.1) is 0 Å². The zero-order valence-electron chi connectivity index (χ0n) is 14.6. The zero-order valence-corrected chi connectivity index (χ0v) is 14.6. The number of carbonyl (C=O) groups excluding carboxylic acids is 1. The molecule has 1 aliphatic heterocycles. The molecule has 0 bridgehead atoms. The first-order valence-electron chi connectivity index (χ1n) is 8.18. The van der Waals surface area contributed by atoms with Gasteiger partial charge in [-0.25, -0.2) is 0 Å². The molecule has 12 heteroatoms. The van der Waals surface area contributed by atoms with Gasteiger partial charge in [-0.1, -0.05) is 5.11 Å². The van der Waals surface area contributed by atoms with Crippen molar-refractivity contribution >= 4 is 5.91 Å². The van der Waals surface area contributed by atoms with Gasteiger partial charge in [0.2, 0.25) is 5.91 Å².